The topological polar surface area (TPSA) is 52.1 Å². The lowest BCUT2D eigenvalue weighted by atomic mass is 10.0. The van der Waals surface area contributed by atoms with E-state index in [1.54, 1.807) is 18.9 Å². The van der Waals surface area contributed by atoms with E-state index < -0.39 is 5.60 Å². The maximum atomic E-state index is 6.20. The minimum absolute atomic E-state index is 0.292. The summed E-state index contributed by atoms with van der Waals surface area (Å²) in [4.78, 5) is 10.4. The fourth-order valence-corrected chi connectivity index (χ4v) is 4.45. The summed E-state index contributed by atoms with van der Waals surface area (Å²) in [5.74, 6) is 2.60. The second-order valence-electron chi connectivity index (χ2n) is 6.79. The van der Waals surface area contributed by atoms with Gasteiger partial charge in [0.1, 0.15) is 5.04 Å². The average Bonchev–Trinajstić information content (AvgIpc) is 3.37. The minimum Gasteiger partial charge on any atom is -0.493 e. The van der Waals surface area contributed by atoms with Gasteiger partial charge in [0, 0.05) is 17.9 Å². The summed E-state index contributed by atoms with van der Waals surface area (Å²) in [7, 11) is 1.68. The van der Waals surface area contributed by atoms with Gasteiger partial charge in [-0.05, 0) is 56.9 Å². The molecule has 1 aliphatic carbocycles. The average molecular weight is 360 g/mol. The lowest BCUT2D eigenvalue weighted by Crippen LogP contribution is -2.32. The third-order valence-electron chi connectivity index (χ3n) is 4.87. The first kappa shape index (κ1) is 16.8. The van der Waals surface area contributed by atoms with Crippen molar-refractivity contribution >= 4 is 22.5 Å². The number of nitrogens with one attached hydrogen (secondary N) is 1. The molecule has 1 N–H and O–H groups in total. The Morgan fingerprint density at radius 2 is 2.12 bits per heavy atom. The van der Waals surface area contributed by atoms with Gasteiger partial charge in [0.25, 0.3) is 0 Å². The maximum Gasteiger partial charge on any atom is 0.162 e. The minimum atomic E-state index is -0.497. The molecule has 1 saturated carbocycles. The smallest absolute Gasteiger partial charge is 0.162 e. The van der Waals surface area contributed by atoms with Crippen LogP contribution in [0.25, 0.3) is 5.70 Å². The molecule has 0 radical (unpaired) electrons. The van der Waals surface area contributed by atoms with Crippen LogP contribution in [0.4, 0.5) is 0 Å². The highest BCUT2D eigenvalue weighted by molar-refractivity contribution is 8.14. The van der Waals surface area contributed by atoms with Gasteiger partial charge in [-0.2, -0.15) is 0 Å². The molecule has 25 heavy (non-hydrogen) atoms. The second-order valence-corrected chi connectivity index (χ2v) is 7.88. The molecule has 1 atom stereocenters. The largest absolute Gasteiger partial charge is 0.493 e. The summed E-state index contributed by atoms with van der Waals surface area (Å²) in [6, 6.07) is 6.02. The predicted octanol–water partition coefficient (Wildman–Crippen LogP) is 3.80. The third-order valence-corrected chi connectivity index (χ3v) is 6.07. The van der Waals surface area contributed by atoms with Gasteiger partial charge in [-0.1, -0.05) is 0 Å². The first-order chi connectivity index (χ1) is 12.2. The molecule has 4 rings (SSSR count). The predicted molar refractivity (Wildman–Crippen MR) is 101 cm³/mol. The molecule has 2 heterocycles. The van der Waals surface area contributed by atoms with E-state index in [1.807, 2.05) is 25.1 Å². The Kier molecular flexibility index (Phi) is 4.65. The summed E-state index contributed by atoms with van der Waals surface area (Å²) in [5.41, 5.74) is 4.54. The molecule has 5 nitrogen and oxygen atoms in total. The van der Waals surface area contributed by atoms with Crippen LogP contribution in [0.15, 0.2) is 29.3 Å². The molecule has 0 spiro atoms. The quantitative estimate of drug-likeness (QED) is 0.866. The molecule has 1 fully saturated rings. The summed E-state index contributed by atoms with van der Waals surface area (Å²) in [6.45, 7) is 2.91. The zero-order valence-electron chi connectivity index (χ0n) is 14.7. The zero-order valence-corrected chi connectivity index (χ0v) is 15.5. The van der Waals surface area contributed by atoms with Crippen molar-refractivity contribution in [2.24, 2.45) is 4.99 Å². The third kappa shape index (κ3) is 3.37. The van der Waals surface area contributed by atoms with Crippen LogP contribution < -0.4 is 15.0 Å². The zero-order chi connectivity index (χ0) is 17.3. The van der Waals surface area contributed by atoms with Crippen LogP contribution in [0.2, 0.25) is 0 Å². The van der Waals surface area contributed by atoms with Gasteiger partial charge in [-0.3, -0.25) is 15.3 Å². The Bertz CT molecular complexity index is 713. The van der Waals surface area contributed by atoms with Crippen molar-refractivity contribution in [1.29, 1.82) is 0 Å². The number of methoxy groups -OCH3 is 1. The van der Waals surface area contributed by atoms with Crippen LogP contribution in [-0.2, 0) is 4.84 Å². The number of nitrogens with zero attached hydrogens (tertiary/aromatic N) is 1. The number of aliphatic imine (C=N–C) groups is 1. The van der Waals surface area contributed by atoms with E-state index >= 15 is 0 Å². The molecule has 0 aromatic heterocycles. The van der Waals surface area contributed by atoms with Crippen molar-refractivity contribution in [1.82, 2.24) is 5.48 Å². The Balaban J connectivity index is 1.59. The number of hydrogen-bond acceptors (Lipinski definition) is 6. The van der Waals surface area contributed by atoms with Crippen LogP contribution in [0.1, 0.15) is 38.2 Å². The van der Waals surface area contributed by atoms with Gasteiger partial charge in [0.15, 0.2) is 17.1 Å². The second kappa shape index (κ2) is 6.92. The number of hydrogen-bond donors (Lipinski definition) is 1. The number of ether oxygens (including phenoxy) is 2. The van der Waals surface area contributed by atoms with Crippen LogP contribution in [0, 0.1) is 0 Å². The number of thioether (sulfide) groups is 1. The van der Waals surface area contributed by atoms with Crippen molar-refractivity contribution in [3.05, 3.63) is 29.8 Å². The highest BCUT2D eigenvalue weighted by Crippen LogP contribution is 2.37. The normalized spacial score (nSPS) is 26.3. The molecule has 2 aliphatic heterocycles. The number of benzene rings is 1. The molecule has 6 heteroatoms. The van der Waals surface area contributed by atoms with Crippen molar-refractivity contribution in [2.75, 3.05) is 19.4 Å². The van der Waals surface area contributed by atoms with Crippen molar-refractivity contribution in [3.8, 4) is 11.5 Å². The van der Waals surface area contributed by atoms with Gasteiger partial charge in [0.05, 0.1) is 18.9 Å². The van der Waals surface area contributed by atoms with E-state index in [4.69, 9.17) is 14.3 Å². The molecule has 0 saturated heterocycles. The van der Waals surface area contributed by atoms with Crippen molar-refractivity contribution in [3.63, 3.8) is 0 Å². The van der Waals surface area contributed by atoms with Crippen LogP contribution in [0.3, 0.4) is 0 Å². The van der Waals surface area contributed by atoms with Gasteiger partial charge in [-0.15, -0.1) is 11.8 Å². The summed E-state index contributed by atoms with van der Waals surface area (Å²) < 4.78 is 11.7. The van der Waals surface area contributed by atoms with E-state index in [9.17, 15) is 0 Å². The number of hydroxylamine groups is 1. The molecular formula is C19H24N2O3S. The molecule has 1 unspecified atom stereocenters. The molecule has 3 aliphatic rings. The Morgan fingerprint density at radius 3 is 2.84 bits per heavy atom. The lowest BCUT2D eigenvalue weighted by Gasteiger charge is -2.19. The first-order valence-corrected chi connectivity index (χ1v) is 9.86. The monoisotopic (exact) mass is 360 g/mol. The molecule has 0 bridgehead atoms. The lowest BCUT2D eigenvalue weighted by molar-refractivity contribution is 0.0264. The summed E-state index contributed by atoms with van der Waals surface area (Å²) >= 11 is 1.76. The van der Waals surface area contributed by atoms with E-state index in [2.05, 4.69) is 16.5 Å². The fourth-order valence-electron chi connectivity index (χ4n) is 3.50. The summed E-state index contributed by atoms with van der Waals surface area (Å²) in [5, 5.41) is 1.03. The van der Waals surface area contributed by atoms with E-state index in [0.717, 1.165) is 52.9 Å². The fraction of sp³-hybridized carbons (Fsp3) is 0.526. The van der Waals surface area contributed by atoms with Crippen LogP contribution in [-0.4, -0.2) is 36.2 Å². The van der Waals surface area contributed by atoms with Gasteiger partial charge < -0.3 is 9.47 Å². The van der Waals surface area contributed by atoms with Crippen LogP contribution >= 0.6 is 11.8 Å². The van der Waals surface area contributed by atoms with Crippen molar-refractivity contribution < 1.29 is 14.3 Å². The van der Waals surface area contributed by atoms with E-state index in [1.165, 1.54) is 12.8 Å². The Hall–Kier alpha value is -1.66. The van der Waals surface area contributed by atoms with Gasteiger partial charge in [-0.25, -0.2) is 0 Å². The van der Waals surface area contributed by atoms with Gasteiger partial charge >= 0.3 is 0 Å². The molecule has 134 valence electrons. The standard InChI is InChI=1S/C19H24N2O3S/c1-19(18-20-9-10-25-18)12-15(21-24-19)13-7-8-16(22-2)17(11-13)23-14-5-3-4-6-14/h7-8,11-12,14,21H,3-6,9-10H2,1-2H3. The van der Waals surface area contributed by atoms with E-state index in [-0.39, 0.29) is 0 Å². The highest BCUT2D eigenvalue weighted by atomic mass is 32.2. The maximum absolute atomic E-state index is 6.20. The van der Waals surface area contributed by atoms with E-state index in [0.29, 0.717) is 6.10 Å². The van der Waals surface area contributed by atoms with Gasteiger partial charge in [0.2, 0.25) is 0 Å². The molecule has 1 aromatic carbocycles. The molecule has 0 amide bonds. The Labute approximate surface area is 152 Å². The van der Waals surface area contributed by atoms with Crippen LogP contribution in [0.5, 0.6) is 11.5 Å². The Morgan fingerprint density at radius 1 is 1.28 bits per heavy atom. The highest BCUT2D eigenvalue weighted by Gasteiger charge is 2.37. The van der Waals surface area contributed by atoms with Crippen molar-refractivity contribution in [2.45, 2.75) is 44.3 Å². The SMILES string of the molecule is COc1ccc(C2=CC(C)(C3=NCCS3)ON2)cc1OC1CCCC1. The number of rotatable bonds is 5. The molecular weight excluding hydrogens is 336 g/mol. The first-order valence-electron chi connectivity index (χ1n) is 8.87. The molecule has 1 aromatic rings. The summed E-state index contributed by atoms with van der Waals surface area (Å²) in [6.07, 6.45) is 7.11.